The molecule has 0 saturated heterocycles. The lowest BCUT2D eigenvalue weighted by Crippen LogP contribution is -2.32. The molecule has 0 aliphatic carbocycles. The van der Waals surface area contributed by atoms with E-state index in [2.05, 4.69) is 17.6 Å². The second-order valence-electron chi connectivity index (χ2n) is 4.38. The summed E-state index contributed by atoms with van der Waals surface area (Å²) in [6.45, 7) is 5.38. The summed E-state index contributed by atoms with van der Waals surface area (Å²) in [6.07, 6.45) is 0.921. The van der Waals surface area contributed by atoms with Crippen LogP contribution in [0.4, 0.5) is 10.5 Å². The molecule has 1 aromatic carbocycles. The van der Waals surface area contributed by atoms with E-state index in [4.69, 9.17) is 5.73 Å². The van der Waals surface area contributed by atoms with Gasteiger partial charge in [0.25, 0.3) is 0 Å². The molecule has 94 valence electrons. The number of amides is 2. The van der Waals surface area contributed by atoms with Gasteiger partial charge in [-0.2, -0.15) is 0 Å². The zero-order chi connectivity index (χ0) is 12.7. The Kier molecular flexibility index (Phi) is 5.49. The Labute approximate surface area is 103 Å². The van der Waals surface area contributed by atoms with Gasteiger partial charge in [0.15, 0.2) is 0 Å². The Balaban J connectivity index is 2.32. The van der Waals surface area contributed by atoms with Crippen molar-refractivity contribution in [3.05, 3.63) is 29.8 Å². The van der Waals surface area contributed by atoms with Gasteiger partial charge in [-0.3, -0.25) is 0 Å². The highest BCUT2D eigenvalue weighted by Crippen LogP contribution is 2.08. The van der Waals surface area contributed by atoms with Gasteiger partial charge in [0, 0.05) is 12.2 Å². The molecule has 1 aromatic rings. The summed E-state index contributed by atoms with van der Waals surface area (Å²) in [7, 11) is 0. The maximum Gasteiger partial charge on any atom is 0.319 e. The fourth-order valence-electron chi connectivity index (χ4n) is 1.47. The normalized spacial score (nSPS) is 11.9. The second-order valence-corrected chi connectivity index (χ2v) is 4.38. The van der Waals surface area contributed by atoms with Crippen LogP contribution in [0.2, 0.25) is 0 Å². The summed E-state index contributed by atoms with van der Waals surface area (Å²) in [5, 5.41) is 5.61. The third-order valence-corrected chi connectivity index (χ3v) is 2.58. The average Bonchev–Trinajstić information content (AvgIpc) is 2.30. The summed E-state index contributed by atoms with van der Waals surface area (Å²) in [6, 6.07) is 7.54. The predicted octanol–water partition coefficient (Wildman–Crippen LogP) is 2.10. The van der Waals surface area contributed by atoms with Gasteiger partial charge in [-0.25, -0.2) is 4.79 Å². The number of rotatable bonds is 5. The highest BCUT2D eigenvalue weighted by molar-refractivity contribution is 5.89. The van der Waals surface area contributed by atoms with Crippen molar-refractivity contribution in [2.75, 3.05) is 18.4 Å². The van der Waals surface area contributed by atoms with Crippen molar-refractivity contribution in [1.29, 1.82) is 0 Å². The highest BCUT2D eigenvalue weighted by Gasteiger charge is 2.04. The summed E-state index contributed by atoms with van der Waals surface area (Å²) >= 11 is 0. The van der Waals surface area contributed by atoms with E-state index in [-0.39, 0.29) is 6.03 Å². The largest absolute Gasteiger partial charge is 0.338 e. The van der Waals surface area contributed by atoms with Crippen LogP contribution in [0.25, 0.3) is 0 Å². The molecule has 0 aliphatic rings. The minimum Gasteiger partial charge on any atom is -0.338 e. The molecule has 0 bridgehead atoms. The highest BCUT2D eigenvalue weighted by atomic mass is 16.2. The standard InChI is InChI=1S/C13H21N3O/c1-10-3-5-12(6-4-10)16-13(17)15-9-11(2)7-8-14/h3-6,11H,7-9,14H2,1-2H3,(H2,15,16,17). The van der Waals surface area contributed by atoms with Crippen LogP contribution in [0.15, 0.2) is 24.3 Å². The van der Waals surface area contributed by atoms with Crippen molar-refractivity contribution < 1.29 is 4.79 Å². The molecule has 0 radical (unpaired) electrons. The van der Waals surface area contributed by atoms with E-state index in [1.807, 2.05) is 31.2 Å². The molecule has 1 atom stereocenters. The molecule has 17 heavy (non-hydrogen) atoms. The van der Waals surface area contributed by atoms with Crippen LogP contribution in [0.1, 0.15) is 18.9 Å². The van der Waals surface area contributed by atoms with E-state index in [1.54, 1.807) is 0 Å². The predicted molar refractivity (Wildman–Crippen MR) is 71.0 cm³/mol. The Morgan fingerprint density at radius 3 is 2.59 bits per heavy atom. The number of urea groups is 1. The number of anilines is 1. The minimum atomic E-state index is -0.169. The first-order valence-corrected chi connectivity index (χ1v) is 5.93. The number of hydrogen-bond acceptors (Lipinski definition) is 2. The molecule has 1 unspecified atom stereocenters. The fraction of sp³-hybridized carbons (Fsp3) is 0.462. The summed E-state index contributed by atoms with van der Waals surface area (Å²) in [5.41, 5.74) is 7.42. The van der Waals surface area contributed by atoms with Gasteiger partial charge in [-0.15, -0.1) is 0 Å². The number of nitrogens with one attached hydrogen (secondary N) is 2. The number of aryl methyl sites for hydroxylation is 1. The number of hydrogen-bond donors (Lipinski definition) is 3. The van der Waals surface area contributed by atoms with Crippen molar-refractivity contribution in [3.63, 3.8) is 0 Å². The molecule has 0 aromatic heterocycles. The van der Waals surface area contributed by atoms with E-state index >= 15 is 0 Å². The SMILES string of the molecule is Cc1ccc(NC(=O)NCC(C)CCN)cc1. The monoisotopic (exact) mass is 235 g/mol. The van der Waals surface area contributed by atoms with Gasteiger partial charge < -0.3 is 16.4 Å². The van der Waals surface area contributed by atoms with Gasteiger partial charge in [0.1, 0.15) is 0 Å². The van der Waals surface area contributed by atoms with Crippen LogP contribution in [0.3, 0.4) is 0 Å². The number of carbonyl (C=O) groups excluding carboxylic acids is 1. The molecule has 0 spiro atoms. The molecule has 0 heterocycles. The summed E-state index contributed by atoms with van der Waals surface area (Å²) < 4.78 is 0. The third-order valence-electron chi connectivity index (χ3n) is 2.58. The van der Waals surface area contributed by atoms with Crippen molar-refractivity contribution in [2.45, 2.75) is 20.3 Å². The lowest BCUT2D eigenvalue weighted by molar-refractivity contribution is 0.250. The topological polar surface area (TPSA) is 67.2 Å². The van der Waals surface area contributed by atoms with Crippen molar-refractivity contribution in [2.24, 2.45) is 11.7 Å². The van der Waals surface area contributed by atoms with Crippen molar-refractivity contribution in [3.8, 4) is 0 Å². The maximum absolute atomic E-state index is 11.6. The summed E-state index contributed by atoms with van der Waals surface area (Å²) in [5.74, 6) is 0.406. The van der Waals surface area contributed by atoms with E-state index in [1.165, 1.54) is 5.56 Å². The molecule has 2 amide bonds. The first kappa shape index (κ1) is 13.5. The number of carbonyl (C=O) groups is 1. The molecule has 4 nitrogen and oxygen atoms in total. The van der Waals surface area contributed by atoms with Crippen LogP contribution in [-0.4, -0.2) is 19.1 Å². The molecule has 1 rings (SSSR count). The minimum absolute atomic E-state index is 0.169. The van der Waals surface area contributed by atoms with Crippen LogP contribution in [0, 0.1) is 12.8 Å². The van der Waals surface area contributed by atoms with Gasteiger partial charge in [-0.05, 0) is 37.9 Å². The Morgan fingerprint density at radius 1 is 1.35 bits per heavy atom. The van der Waals surface area contributed by atoms with Crippen molar-refractivity contribution in [1.82, 2.24) is 5.32 Å². The van der Waals surface area contributed by atoms with E-state index in [0.717, 1.165) is 12.1 Å². The fourth-order valence-corrected chi connectivity index (χ4v) is 1.47. The Morgan fingerprint density at radius 2 is 2.00 bits per heavy atom. The van der Waals surface area contributed by atoms with Crippen LogP contribution in [-0.2, 0) is 0 Å². The van der Waals surface area contributed by atoms with Gasteiger partial charge in [-0.1, -0.05) is 24.6 Å². The van der Waals surface area contributed by atoms with Crippen LogP contribution < -0.4 is 16.4 Å². The zero-order valence-electron chi connectivity index (χ0n) is 10.5. The van der Waals surface area contributed by atoms with Gasteiger partial charge >= 0.3 is 6.03 Å². The molecule has 0 saturated carbocycles. The van der Waals surface area contributed by atoms with E-state index < -0.39 is 0 Å². The quantitative estimate of drug-likeness (QED) is 0.731. The van der Waals surface area contributed by atoms with Gasteiger partial charge in [0.2, 0.25) is 0 Å². The van der Waals surface area contributed by atoms with E-state index in [0.29, 0.717) is 19.0 Å². The van der Waals surface area contributed by atoms with E-state index in [9.17, 15) is 4.79 Å². The smallest absolute Gasteiger partial charge is 0.319 e. The second kappa shape index (κ2) is 6.91. The molecular weight excluding hydrogens is 214 g/mol. The molecule has 0 aliphatic heterocycles. The molecule has 4 N–H and O–H groups in total. The maximum atomic E-state index is 11.6. The average molecular weight is 235 g/mol. The first-order chi connectivity index (χ1) is 8.11. The summed E-state index contributed by atoms with van der Waals surface area (Å²) in [4.78, 5) is 11.6. The molecular formula is C13H21N3O. The van der Waals surface area contributed by atoms with Crippen LogP contribution in [0.5, 0.6) is 0 Å². The zero-order valence-corrected chi connectivity index (χ0v) is 10.5. The third kappa shape index (κ3) is 5.36. The molecule has 0 fully saturated rings. The lowest BCUT2D eigenvalue weighted by Gasteiger charge is -2.12. The van der Waals surface area contributed by atoms with Crippen LogP contribution >= 0.6 is 0 Å². The number of benzene rings is 1. The Hall–Kier alpha value is -1.55. The van der Waals surface area contributed by atoms with Crippen molar-refractivity contribution >= 4 is 11.7 Å². The number of nitrogens with two attached hydrogens (primary N) is 1. The first-order valence-electron chi connectivity index (χ1n) is 5.93. The lowest BCUT2D eigenvalue weighted by atomic mass is 10.1. The van der Waals surface area contributed by atoms with Gasteiger partial charge in [0.05, 0.1) is 0 Å². The Bertz CT molecular complexity index is 348. The molecule has 4 heteroatoms.